The second-order valence-electron chi connectivity index (χ2n) is 13.0. The van der Waals surface area contributed by atoms with Gasteiger partial charge in [-0.3, -0.25) is 0 Å². The summed E-state index contributed by atoms with van der Waals surface area (Å²) in [5, 5.41) is 3.20. The van der Waals surface area contributed by atoms with Crippen LogP contribution in [0.1, 0.15) is 128 Å². The van der Waals surface area contributed by atoms with Gasteiger partial charge < -0.3 is 4.74 Å². The summed E-state index contributed by atoms with van der Waals surface area (Å²) in [6, 6.07) is 18.7. The van der Waals surface area contributed by atoms with Crippen LogP contribution in [0.5, 0.6) is 11.5 Å². The quantitative estimate of drug-likeness (QED) is 0.201. The zero-order chi connectivity index (χ0) is 26.3. The Bertz CT molecular complexity index is 901. The normalized spacial score (nSPS) is 22.4. The van der Waals surface area contributed by atoms with Crippen LogP contribution in [0.2, 0.25) is 0 Å². The van der Waals surface area contributed by atoms with E-state index >= 15 is 0 Å². The molecule has 0 amide bonds. The molecular weight excluding hydrogens is 617 g/mol. The Morgan fingerprint density at radius 3 is 0.975 bits per heavy atom. The van der Waals surface area contributed by atoms with Gasteiger partial charge in [0.25, 0.3) is 0 Å². The van der Waals surface area contributed by atoms with Gasteiger partial charge in [-0.05, 0) is 86.1 Å². The first-order valence-electron chi connectivity index (χ1n) is 16.8. The molecule has 2 aromatic carbocycles. The van der Waals surface area contributed by atoms with Crippen molar-refractivity contribution in [2.75, 3.05) is 0 Å². The van der Waals surface area contributed by atoms with Gasteiger partial charge in [0, 0.05) is 31.0 Å². The average molecular weight is 669 g/mol. The molecule has 6 rings (SSSR count). The molecule has 0 radical (unpaired) electrons. The summed E-state index contributed by atoms with van der Waals surface area (Å²) >= 11 is 0. The summed E-state index contributed by atoms with van der Waals surface area (Å²) in [7, 11) is -0.356. The molecule has 4 aliphatic rings. The minimum absolute atomic E-state index is 0. The molecule has 0 N–H and O–H groups in total. The maximum absolute atomic E-state index is 7.20. The van der Waals surface area contributed by atoms with Crippen LogP contribution in [0.4, 0.5) is 0 Å². The maximum atomic E-state index is 7.20. The molecule has 0 aliphatic heterocycles. The second-order valence-corrected chi connectivity index (χ2v) is 18.5. The first-order valence-corrected chi connectivity index (χ1v) is 19.8. The van der Waals surface area contributed by atoms with Gasteiger partial charge >= 0.3 is 0 Å². The zero-order valence-corrected chi connectivity index (χ0v) is 28.0. The van der Waals surface area contributed by atoms with E-state index in [2.05, 4.69) is 48.5 Å². The predicted molar refractivity (Wildman–Crippen MR) is 174 cm³/mol. The Hall–Kier alpha value is -0.238. The van der Waals surface area contributed by atoms with Gasteiger partial charge in [0.2, 0.25) is 0 Å². The molecule has 222 valence electrons. The first-order chi connectivity index (χ1) is 19.4. The number of hydrogen-bond donors (Lipinski definition) is 0. The number of para-hydroxylation sites is 2. The summed E-state index contributed by atoms with van der Waals surface area (Å²) in [5.74, 6) is 2.41. The number of hydrogen-bond acceptors (Lipinski definition) is 1. The number of ether oxygens (including phenoxy) is 1. The molecule has 2 aromatic rings. The van der Waals surface area contributed by atoms with E-state index in [4.69, 9.17) is 4.74 Å². The summed E-state index contributed by atoms with van der Waals surface area (Å²) in [6.45, 7) is 0. The van der Waals surface area contributed by atoms with E-state index in [1.54, 1.807) is 10.6 Å². The third-order valence-electron chi connectivity index (χ3n) is 10.4. The van der Waals surface area contributed by atoms with Crippen LogP contribution in [0.15, 0.2) is 48.5 Å². The van der Waals surface area contributed by atoms with E-state index in [-0.39, 0.29) is 36.3 Å². The van der Waals surface area contributed by atoms with Gasteiger partial charge in [-0.1, -0.05) is 129 Å². The van der Waals surface area contributed by atoms with E-state index in [1.165, 1.54) is 140 Å². The molecule has 40 heavy (non-hydrogen) atoms. The van der Waals surface area contributed by atoms with Crippen molar-refractivity contribution >= 4 is 26.5 Å². The molecule has 4 aliphatic carbocycles. The van der Waals surface area contributed by atoms with E-state index in [9.17, 15) is 0 Å². The van der Waals surface area contributed by atoms with Crippen LogP contribution in [0, 0.1) is 0 Å². The minimum atomic E-state index is -0.178. The Kier molecular flexibility index (Phi) is 12.5. The second kappa shape index (κ2) is 16.0. The minimum Gasteiger partial charge on any atom is -0.456 e. The van der Waals surface area contributed by atoms with Crippen molar-refractivity contribution in [1.82, 2.24) is 0 Å². The van der Waals surface area contributed by atoms with Crippen LogP contribution in [-0.2, 0) is 20.4 Å². The Labute approximate surface area is 261 Å². The van der Waals surface area contributed by atoms with Crippen LogP contribution in [-0.4, -0.2) is 22.6 Å². The molecule has 0 atom stereocenters. The van der Waals surface area contributed by atoms with Crippen LogP contribution < -0.4 is 15.3 Å². The van der Waals surface area contributed by atoms with Crippen LogP contribution in [0.25, 0.3) is 0 Å². The molecule has 0 heterocycles. The van der Waals surface area contributed by atoms with Crippen LogP contribution >= 0.6 is 15.8 Å². The molecule has 4 fully saturated rings. The summed E-state index contributed by atoms with van der Waals surface area (Å²) in [5.41, 5.74) is 3.61. The molecular formula is C36H52OP2Pd. The monoisotopic (exact) mass is 668 g/mol. The maximum Gasteiger partial charge on any atom is 0.135 e. The fourth-order valence-corrected chi connectivity index (χ4v) is 16.2. The molecule has 0 aromatic heterocycles. The fraction of sp³-hybridized carbons (Fsp3) is 0.667. The summed E-state index contributed by atoms with van der Waals surface area (Å²) < 4.78 is 7.20. The van der Waals surface area contributed by atoms with Gasteiger partial charge in [0.1, 0.15) is 11.5 Å². The van der Waals surface area contributed by atoms with Crippen molar-refractivity contribution in [3.8, 4) is 11.5 Å². The summed E-state index contributed by atoms with van der Waals surface area (Å²) in [4.78, 5) is 0. The van der Waals surface area contributed by atoms with Crippen molar-refractivity contribution in [3.05, 3.63) is 48.5 Å². The van der Waals surface area contributed by atoms with E-state index in [0.717, 1.165) is 22.6 Å². The first kappa shape index (κ1) is 31.2. The summed E-state index contributed by atoms with van der Waals surface area (Å²) in [6.07, 6.45) is 28.9. The molecule has 4 saturated carbocycles. The van der Waals surface area contributed by atoms with Gasteiger partial charge in [-0.15, -0.1) is 0 Å². The SMILES string of the molecule is [Pd].c1ccc(P(C2CCCCC2)C2CCCCC2)c(Oc2ccccc2P(C2CCCCC2)C2CCCCC2)c1. The molecule has 0 unspecified atom stereocenters. The van der Waals surface area contributed by atoms with Crippen molar-refractivity contribution in [2.45, 2.75) is 151 Å². The number of benzene rings is 2. The molecule has 4 heteroatoms. The van der Waals surface area contributed by atoms with Crippen molar-refractivity contribution < 1.29 is 25.2 Å². The van der Waals surface area contributed by atoms with Crippen molar-refractivity contribution in [3.63, 3.8) is 0 Å². The van der Waals surface area contributed by atoms with Crippen LogP contribution in [0.3, 0.4) is 0 Å². The third-order valence-corrected chi connectivity index (χ3v) is 17.4. The Morgan fingerprint density at radius 1 is 0.400 bits per heavy atom. The van der Waals surface area contributed by atoms with Crippen molar-refractivity contribution in [2.24, 2.45) is 0 Å². The van der Waals surface area contributed by atoms with Gasteiger partial charge in [0.15, 0.2) is 0 Å². The van der Waals surface area contributed by atoms with E-state index < -0.39 is 0 Å². The Morgan fingerprint density at radius 2 is 0.675 bits per heavy atom. The topological polar surface area (TPSA) is 9.23 Å². The van der Waals surface area contributed by atoms with E-state index in [1.807, 2.05) is 0 Å². The van der Waals surface area contributed by atoms with Gasteiger partial charge in [-0.2, -0.15) is 0 Å². The predicted octanol–water partition coefficient (Wildman–Crippen LogP) is 11.0. The number of rotatable bonds is 8. The van der Waals surface area contributed by atoms with Gasteiger partial charge in [0.05, 0.1) is 0 Å². The molecule has 0 spiro atoms. The average Bonchev–Trinajstić information content (AvgIpc) is 3.01. The fourth-order valence-electron chi connectivity index (χ4n) is 8.45. The Balaban J connectivity index is 0.00000323. The zero-order valence-electron chi connectivity index (χ0n) is 24.7. The third kappa shape index (κ3) is 7.63. The molecule has 0 bridgehead atoms. The standard InChI is InChI=1S/C36H52OP2.Pd/c1-5-17-29(18-6-1)38(30-19-7-2-8-20-30)35-27-15-13-25-33(35)37-34-26-14-16-28-36(34)39(31-21-9-3-10-22-31)32-23-11-4-12-24-32;/h13-16,25-32H,1-12,17-24H2;. The van der Waals surface area contributed by atoms with Crippen molar-refractivity contribution in [1.29, 1.82) is 0 Å². The molecule has 0 saturated heterocycles. The molecule has 1 nitrogen and oxygen atoms in total. The smallest absolute Gasteiger partial charge is 0.135 e. The van der Waals surface area contributed by atoms with E-state index in [0.29, 0.717) is 0 Å². The largest absolute Gasteiger partial charge is 0.456 e. The van der Waals surface area contributed by atoms with Gasteiger partial charge in [-0.25, -0.2) is 0 Å².